The molecule has 0 unspecified atom stereocenters. The van der Waals surface area contributed by atoms with E-state index in [9.17, 15) is 13.2 Å². The van der Waals surface area contributed by atoms with Gasteiger partial charge in [-0.2, -0.15) is 0 Å². The minimum absolute atomic E-state index is 0.0141. The molecule has 1 saturated carbocycles. The number of sulfone groups is 1. The molecule has 0 aromatic heterocycles. The topological polar surface area (TPSA) is 63.2 Å². The number of carbonyl (C=O) groups excluding carboxylic acids is 1. The Morgan fingerprint density at radius 1 is 1.31 bits per heavy atom. The summed E-state index contributed by atoms with van der Waals surface area (Å²) in [6.07, 6.45) is 2.39. The summed E-state index contributed by atoms with van der Waals surface area (Å²) in [4.78, 5) is 11.4. The largest absolute Gasteiger partial charge is 0.307 e. The Kier molecular flexibility index (Phi) is 4.12. The van der Waals surface area contributed by atoms with Crippen LogP contribution in [0.25, 0.3) is 0 Å². The van der Waals surface area contributed by atoms with E-state index >= 15 is 0 Å². The van der Waals surface area contributed by atoms with Crippen molar-refractivity contribution < 1.29 is 13.2 Å². The molecule has 0 spiro atoms. The molecule has 1 rings (SSSR count). The van der Waals surface area contributed by atoms with Crippen LogP contribution in [-0.4, -0.2) is 37.3 Å². The van der Waals surface area contributed by atoms with E-state index in [1.54, 1.807) is 20.8 Å². The molecule has 0 bridgehead atoms. The second-order valence-corrected chi connectivity index (χ2v) is 8.24. The highest BCUT2D eigenvalue weighted by molar-refractivity contribution is 7.92. The Balaban J connectivity index is 2.30. The highest BCUT2D eigenvalue weighted by Gasteiger charge is 2.29. The molecule has 0 heterocycles. The lowest BCUT2D eigenvalue weighted by atomic mass is 10.3. The summed E-state index contributed by atoms with van der Waals surface area (Å²) in [7, 11) is -3.16. The Hall–Kier alpha value is -0.420. The van der Waals surface area contributed by atoms with Crippen LogP contribution in [-0.2, 0) is 14.6 Å². The van der Waals surface area contributed by atoms with Gasteiger partial charge in [0.05, 0.1) is 17.0 Å². The minimum Gasteiger partial charge on any atom is -0.307 e. The van der Waals surface area contributed by atoms with Crippen LogP contribution in [0.4, 0.5) is 0 Å². The van der Waals surface area contributed by atoms with Crippen LogP contribution in [0.1, 0.15) is 40.0 Å². The first-order valence-corrected chi connectivity index (χ1v) is 7.35. The van der Waals surface area contributed by atoms with Gasteiger partial charge in [0, 0.05) is 12.5 Å². The predicted octanol–water partition coefficient (Wildman–Crippen LogP) is 0.911. The van der Waals surface area contributed by atoms with Crippen molar-refractivity contribution >= 4 is 15.6 Å². The van der Waals surface area contributed by atoms with Crippen molar-refractivity contribution in [2.45, 2.75) is 50.8 Å². The molecule has 0 aromatic carbocycles. The SMILES string of the molecule is CC(C)(C)S(=O)(=O)CCC(=O)CNC1CC1. The highest BCUT2D eigenvalue weighted by Crippen LogP contribution is 2.19. The number of hydrogen-bond acceptors (Lipinski definition) is 4. The number of hydrogen-bond donors (Lipinski definition) is 1. The van der Waals surface area contributed by atoms with E-state index in [4.69, 9.17) is 0 Å². The number of nitrogens with one attached hydrogen (secondary N) is 1. The van der Waals surface area contributed by atoms with Crippen molar-refractivity contribution in [2.24, 2.45) is 0 Å². The van der Waals surface area contributed by atoms with Crippen molar-refractivity contribution in [1.29, 1.82) is 0 Å². The molecule has 1 fully saturated rings. The van der Waals surface area contributed by atoms with Crippen molar-refractivity contribution in [3.8, 4) is 0 Å². The number of ketones is 1. The van der Waals surface area contributed by atoms with Crippen LogP contribution < -0.4 is 5.32 Å². The average molecular weight is 247 g/mol. The molecule has 94 valence electrons. The highest BCUT2D eigenvalue weighted by atomic mass is 32.2. The second-order valence-electron chi connectivity index (χ2n) is 5.38. The van der Waals surface area contributed by atoms with Gasteiger partial charge in [-0.15, -0.1) is 0 Å². The summed E-state index contributed by atoms with van der Waals surface area (Å²) >= 11 is 0. The molecule has 0 saturated heterocycles. The van der Waals surface area contributed by atoms with Crippen molar-refractivity contribution in [3.63, 3.8) is 0 Å². The predicted molar refractivity (Wildman–Crippen MR) is 64.2 cm³/mol. The van der Waals surface area contributed by atoms with E-state index < -0.39 is 14.6 Å². The van der Waals surface area contributed by atoms with Gasteiger partial charge < -0.3 is 5.32 Å². The molecule has 0 aromatic rings. The molecule has 0 atom stereocenters. The van der Waals surface area contributed by atoms with E-state index in [0.717, 1.165) is 12.8 Å². The van der Waals surface area contributed by atoms with E-state index in [1.807, 2.05) is 0 Å². The molecule has 0 radical (unpaired) electrons. The van der Waals surface area contributed by atoms with Crippen LogP contribution in [0.15, 0.2) is 0 Å². The number of rotatable bonds is 6. The quantitative estimate of drug-likeness (QED) is 0.758. The van der Waals surface area contributed by atoms with Crippen molar-refractivity contribution in [1.82, 2.24) is 5.32 Å². The Morgan fingerprint density at radius 2 is 1.88 bits per heavy atom. The fraction of sp³-hybridized carbons (Fsp3) is 0.909. The molecule has 16 heavy (non-hydrogen) atoms. The van der Waals surface area contributed by atoms with Gasteiger partial charge in [-0.25, -0.2) is 8.42 Å². The first-order valence-electron chi connectivity index (χ1n) is 5.70. The summed E-state index contributed by atoms with van der Waals surface area (Å²) in [5.41, 5.74) is 0. The van der Waals surface area contributed by atoms with Crippen LogP contribution in [0, 0.1) is 0 Å². The first kappa shape index (κ1) is 13.6. The maximum absolute atomic E-state index is 11.7. The summed E-state index contributed by atoms with van der Waals surface area (Å²) in [6.45, 7) is 5.30. The van der Waals surface area contributed by atoms with E-state index in [0.29, 0.717) is 12.6 Å². The lowest BCUT2D eigenvalue weighted by Gasteiger charge is -2.18. The Bertz CT molecular complexity index is 350. The van der Waals surface area contributed by atoms with E-state index in [-0.39, 0.29) is 18.0 Å². The van der Waals surface area contributed by atoms with E-state index in [1.165, 1.54) is 0 Å². The fourth-order valence-electron chi connectivity index (χ4n) is 1.19. The van der Waals surface area contributed by atoms with Crippen LogP contribution in [0.2, 0.25) is 0 Å². The zero-order valence-electron chi connectivity index (χ0n) is 10.2. The molecular weight excluding hydrogens is 226 g/mol. The third kappa shape index (κ3) is 4.22. The molecule has 4 nitrogen and oxygen atoms in total. The van der Waals surface area contributed by atoms with Gasteiger partial charge in [0.15, 0.2) is 9.84 Å². The van der Waals surface area contributed by atoms with Crippen molar-refractivity contribution in [2.75, 3.05) is 12.3 Å². The van der Waals surface area contributed by atoms with Gasteiger partial charge in [0.2, 0.25) is 0 Å². The third-order valence-electron chi connectivity index (χ3n) is 2.75. The van der Waals surface area contributed by atoms with Gasteiger partial charge in [0.25, 0.3) is 0 Å². The lowest BCUT2D eigenvalue weighted by molar-refractivity contribution is -0.117. The van der Waals surface area contributed by atoms with Crippen LogP contribution in [0.3, 0.4) is 0 Å². The first-order chi connectivity index (χ1) is 7.22. The zero-order valence-corrected chi connectivity index (χ0v) is 11.1. The molecule has 1 aliphatic rings. The minimum atomic E-state index is -3.16. The molecule has 1 N–H and O–H groups in total. The van der Waals surface area contributed by atoms with Gasteiger partial charge in [0.1, 0.15) is 5.78 Å². The fourth-order valence-corrected chi connectivity index (χ4v) is 2.30. The standard InChI is InChI=1S/C11H21NO3S/c1-11(2,3)16(14,15)7-6-10(13)8-12-9-4-5-9/h9,12H,4-8H2,1-3H3. The van der Waals surface area contributed by atoms with Crippen molar-refractivity contribution in [3.05, 3.63) is 0 Å². The Labute approximate surface area is 97.7 Å². The van der Waals surface area contributed by atoms with Gasteiger partial charge in [-0.3, -0.25) is 4.79 Å². The zero-order chi connectivity index (χ0) is 12.4. The van der Waals surface area contributed by atoms with Crippen LogP contribution >= 0.6 is 0 Å². The molecule has 0 aliphatic heterocycles. The second kappa shape index (κ2) is 4.84. The van der Waals surface area contributed by atoms with Crippen LogP contribution in [0.5, 0.6) is 0 Å². The molecule has 1 aliphatic carbocycles. The summed E-state index contributed by atoms with van der Waals surface area (Å²) in [5.74, 6) is -0.0541. The van der Waals surface area contributed by atoms with Gasteiger partial charge in [-0.05, 0) is 33.6 Å². The third-order valence-corrected chi connectivity index (χ3v) is 5.36. The normalized spacial score (nSPS) is 17.4. The van der Waals surface area contributed by atoms with Gasteiger partial charge >= 0.3 is 0 Å². The molecule has 5 heteroatoms. The average Bonchev–Trinajstić information content (AvgIpc) is 2.93. The smallest absolute Gasteiger partial charge is 0.155 e. The Morgan fingerprint density at radius 3 is 2.31 bits per heavy atom. The molecular formula is C11H21NO3S. The van der Waals surface area contributed by atoms with E-state index in [2.05, 4.69) is 5.32 Å². The monoisotopic (exact) mass is 247 g/mol. The maximum atomic E-state index is 11.7. The molecule has 0 amide bonds. The maximum Gasteiger partial charge on any atom is 0.155 e. The number of carbonyl (C=O) groups is 1. The summed E-state index contributed by atoms with van der Waals surface area (Å²) in [6, 6.07) is 0.489. The lowest BCUT2D eigenvalue weighted by Crippen LogP contribution is -2.33. The van der Waals surface area contributed by atoms with Gasteiger partial charge in [-0.1, -0.05) is 0 Å². The summed E-state index contributed by atoms with van der Waals surface area (Å²) < 4.78 is 22.7. The summed E-state index contributed by atoms with van der Waals surface area (Å²) in [5, 5.41) is 3.09. The number of Topliss-reactive ketones (excluding diaryl/α,β-unsaturated/α-hetero) is 1.